The highest BCUT2D eigenvalue weighted by atomic mass is 16.3. The van der Waals surface area contributed by atoms with E-state index in [4.69, 9.17) is 5.73 Å². The van der Waals surface area contributed by atoms with E-state index in [9.17, 15) is 9.90 Å². The number of aliphatic hydroxyl groups excluding tert-OH is 1. The van der Waals surface area contributed by atoms with Crippen molar-refractivity contribution in [3.8, 4) is 0 Å². The third-order valence-electron chi connectivity index (χ3n) is 3.22. The van der Waals surface area contributed by atoms with Gasteiger partial charge in [-0.2, -0.15) is 0 Å². The smallest absolute Gasteiger partial charge is 0.274 e. The van der Waals surface area contributed by atoms with Gasteiger partial charge in [0.1, 0.15) is 11.5 Å². The quantitative estimate of drug-likeness (QED) is 0.794. The molecule has 98 valence electrons. The molecule has 0 aliphatic carbocycles. The Morgan fingerprint density at radius 2 is 2.28 bits per heavy atom. The Morgan fingerprint density at radius 3 is 3.00 bits per heavy atom. The molecule has 3 N–H and O–H groups in total. The maximum absolute atomic E-state index is 12.3. The summed E-state index contributed by atoms with van der Waals surface area (Å²) >= 11 is 0. The molecule has 1 aromatic rings. The molecule has 1 unspecified atom stereocenters. The summed E-state index contributed by atoms with van der Waals surface area (Å²) in [6, 6.07) is -0.122. The van der Waals surface area contributed by atoms with Crippen molar-refractivity contribution in [1.29, 1.82) is 0 Å². The normalized spacial score (nSPS) is 20.5. The van der Waals surface area contributed by atoms with Gasteiger partial charge in [-0.15, -0.1) is 0 Å². The number of carbonyl (C=O) groups excluding carboxylic acids is 1. The van der Waals surface area contributed by atoms with Crippen molar-refractivity contribution in [2.24, 2.45) is 0 Å². The number of hydrogen-bond donors (Lipinski definition) is 2. The predicted octanol–water partition coefficient (Wildman–Crippen LogP) is 0.436. The highest BCUT2D eigenvalue weighted by Gasteiger charge is 2.26. The van der Waals surface area contributed by atoms with Crippen molar-refractivity contribution in [2.75, 3.05) is 18.9 Å². The number of likely N-dealkylation sites (tertiary alicyclic amines) is 1. The summed E-state index contributed by atoms with van der Waals surface area (Å²) in [6.45, 7) is 0.641. The van der Waals surface area contributed by atoms with Gasteiger partial charge in [0.25, 0.3) is 5.91 Å². The number of aromatic nitrogens is 2. The van der Waals surface area contributed by atoms with Crippen LogP contribution in [0.4, 0.5) is 5.82 Å². The first kappa shape index (κ1) is 12.8. The molecule has 0 spiro atoms. The number of anilines is 1. The van der Waals surface area contributed by atoms with E-state index in [1.54, 1.807) is 4.90 Å². The number of nitrogen functional groups attached to an aromatic ring is 1. The molecule has 0 saturated carbocycles. The molecule has 0 bridgehead atoms. The summed E-state index contributed by atoms with van der Waals surface area (Å²) in [7, 11) is 0. The van der Waals surface area contributed by atoms with Crippen LogP contribution in [0.1, 0.15) is 36.2 Å². The standard InChI is InChI=1S/C12H18N4O2/c13-11-7-14-6-10(15-11)12(18)16-5-3-1-2-4-9(16)8-17/h6-7,9,17H,1-5,8H2,(H2,13,15). The van der Waals surface area contributed by atoms with E-state index < -0.39 is 0 Å². The van der Waals surface area contributed by atoms with Crippen molar-refractivity contribution in [3.05, 3.63) is 18.1 Å². The van der Waals surface area contributed by atoms with Crippen LogP contribution in [0.25, 0.3) is 0 Å². The van der Waals surface area contributed by atoms with Crippen LogP contribution < -0.4 is 5.73 Å². The average molecular weight is 250 g/mol. The Labute approximate surface area is 106 Å². The van der Waals surface area contributed by atoms with Gasteiger partial charge in [-0.25, -0.2) is 4.98 Å². The summed E-state index contributed by atoms with van der Waals surface area (Å²) in [5.74, 6) is 0.0342. The fraction of sp³-hybridized carbons (Fsp3) is 0.583. The monoisotopic (exact) mass is 250 g/mol. The summed E-state index contributed by atoms with van der Waals surface area (Å²) in [6.07, 6.45) is 6.73. The zero-order valence-corrected chi connectivity index (χ0v) is 10.2. The number of nitrogens with two attached hydrogens (primary N) is 1. The van der Waals surface area contributed by atoms with Gasteiger partial charge in [0.05, 0.1) is 25.0 Å². The molecule has 2 rings (SSSR count). The zero-order valence-electron chi connectivity index (χ0n) is 10.2. The summed E-state index contributed by atoms with van der Waals surface area (Å²) in [5.41, 5.74) is 5.78. The largest absolute Gasteiger partial charge is 0.394 e. The number of aliphatic hydroxyl groups is 1. The minimum atomic E-state index is -0.198. The number of hydrogen-bond acceptors (Lipinski definition) is 5. The van der Waals surface area contributed by atoms with Crippen molar-refractivity contribution in [1.82, 2.24) is 14.9 Å². The van der Waals surface area contributed by atoms with Gasteiger partial charge in [-0.3, -0.25) is 9.78 Å². The molecule has 2 heterocycles. The molecule has 1 aliphatic heterocycles. The van der Waals surface area contributed by atoms with E-state index in [2.05, 4.69) is 9.97 Å². The van der Waals surface area contributed by atoms with Crippen LogP contribution in [0.2, 0.25) is 0 Å². The van der Waals surface area contributed by atoms with Gasteiger partial charge < -0.3 is 15.7 Å². The number of rotatable bonds is 2. The van der Waals surface area contributed by atoms with Gasteiger partial charge in [0.15, 0.2) is 0 Å². The maximum atomic E-state index is 12.3. The Balaban J connectivity index is 2.19. The van der Waals surface area contributed by atoms with E-state index in [-0.39, 0.29) is 30.1 Å². The minimum Gasteiger partial charge on any atom is -0.394 e. The summed E-state index contributed by atoms with van der Waals surface area (Å²) in [4.78, 5) is 21.9. The molecule has 1 fully saturated rings. The van der Waals surface area contributed by atoms with Gasteiger partial charge >= 0.3 is 0 Å². The number of nitrogens with zero attached hydrogens (tertiary/aromatic N) is 3. The van der Waals surface area contributed by atoms with Crippen molar-refractivity contribution < 1.29 is 9.90 Å². The van der Waals surface area contributed by atoms with Crippen LogP contribution in [0, 0.1) is 0 Å². The molecule has 1 atom stereocenters. The van der Waals surface area contributed by atoms with Gasteiger partial charge in [0, 0.05) is 6.54 Å². The third-order valence-corrected chi connectivity index (χ3v) is 3.22. The molecule has 1 saturated heterocycles. The molecular weight excluding hydrogens is 232 g/mol. The van der Waals surface area contributed by atoms with Crippen LogP contribution >= 0.6 is 0 Å². The van der Waals surface area contributed by atoms with Crippen LogP contribution in [0.15, 0.2) is 12.4 Å². The maximum Gasteiger partial charge on any atom is 0.274 e. The second kappa shape index (κ2) is 5.77. The van der Waals surface area contributed by atoms with E-state index in [0.29, 0.717) is 6.54 Å². The fourth-order valence-electron chi connectivity index (χ4n) is 2.27. The number of carbonyl (C=O) groups is 1. The lowest BCUT2D eigenvalue weighted by Crippen LogP contribution is -2.42. The lowest BCUT2D eigenvalue weighted by Gasteiger charge is -2.28. The lowest BCUT2D eigenvalue weighted by atomic mass is 10.1. The highest BCUT2D eigenvalue weighted by Crippen LogP contribution is 2.18. The van der Waals surface area contributed by atoms with Crippen LogP contribution in [-0.4, -0.2) is 45.1 Å². The minimum absolute atomic E-state index is 0.0124. The molecule has 1 amide bonds. The van der Waals surface area contributed by atoms with E-state index in [1.807, 2.05) is 0 Å². The molecular formula is C12H18N4O2. The first-order chi connectivity index (χ1) is 8.72. The Bertz CT molecular complexity index is 424. The van der Waals surface area contributed by atoms with Crippen molar-refractivity contribution in [3.63, 3.8) is 0 Å². The second-order valence-corrected chi connectivity index (χ2v) is 4.51. The zero-order chi connectivity index (χ0) is 13.0. The first-order valence-corrected chi connectivity index (χ1v) is 6.21. The summed E-state index contributed by atoms with van der Waals surface area (Å²) in [5, 5.41) is 9.38. The Hall–Kier alpha value is -1.69. The van der Waals surface area contributed by atoms with Gasteiger partial charge in [-0.05, 0) is 12.8 Å². The molecule has 6 nitrogen and oxygen atoms in total. The Kier molecular flexibility index (Phi) is 4.09. The molecule has 0 aromatic carbocycles. The van der Waals surface area contributed by atoms with Crippen molar-refractivity contribution in [2.45, 2.75) is 31.7 Å². The SMILES string of the molecule is Nc1cncc(C(=O)N2CCCCCC2CO)n1. The molecule has 1 aromatic heterocycles. The number of amides is 1. The van der Waals surface area contributed by atoms with Crippen LogP contribution in [-0.2, 0) is 0 Å². The second-order valence-electron chi connectivity index (χ2n) is 4.51. The topological polar surface area (TPSA) is 92.3 Å². The first-order valence-electron chi connectivity index (χ1n) is 6.21. The van der Waals surface area contributed by atoms with Crippen LogP contribution in [0.5, 0.6) is 0 Å². The van der Waals surface area contributed by atoms with Crippen LogP contribution in [0.3, 0.4) is 0 Å². The molecule has 18 heavy (non-hydrogen) atoms. The van der Waals surface area contributed by atoms with Crippen molar-refractivity contribution >= 4 is 11.7 Å². The molecule has 6 heteroatoms. The lowest BCUT2D eigenvalue weighted by molar-refractivity contribution is 0.0593. The highest BCUT2D eigenvalue weighted by molar-refractivity contribution is 5.92. The van der Waals surface area contributed by atoms with E-state index in [1.165, 1.54) is 12.4 Å². The van der Waals surface area contributed by atoms with E-state index >= 15 is 0 Å². The van der Waals surface area contributed by atoms with E-state index in [0.717, 1.165) is 25.7 Å². The average Bonchev–Trinajstić information content (AvgIpc) is 2.62. The fourth-order valence-corrected chi connectivity index (χ4v) is 2.27. The van der Waals surface area contributed by atoms with Gasteiger partial charge in [0.2, 0.25) is 0 Å². The predicted molar refractivity (Wildman–Crippen MR) is 66.8 cm³/mol. The summed E-state index contributed by atoms with van der Waals surface area (Å²) < 4.78 is 0. The molecule has 1 aliphatic rings. The Morgan fingerprint density at radius 1 is 1.44 bits per heavy atom. The van der Waals surface area contributed by atoms with Gasteiger partial charge in [-0.1, -0.05) is 12.8 Å². The molecule has 0 radical (unpaired) electrons. The third kappa shape index (κ3) is 2.76.